The Morgan fingerprint density at radius 1 is 1.17 bits per heavy atom. The third-order valence-electron chi connectivity index (χ3n) is 4.79. The highest BCUT2D eigenvalue weighted by Crippen LogP contribution is 2.34. The predicted molar refractivity (Wildman–Crippen MR) is 124 cm³/mol. The van der Waals surface area contributed by atoms with E-state index in [9.17, 15) is 14.9 Å². The molecule has 0 unspecified atom stereocenters. The summed E-state index contributed by atoms with van der Waals surface area (Å²) in [7, 11) is 0. The minimum absolute atomic E-state index is 0.0679. The summed E-state index contributed by atoms with van der Waals surface area (Å²) in [5, 5.41) is 11.9. The summed E-state index contributed by atoms with van der Waals surface area (Å²) in [5.74, 6) is -0.114. The molecule has 6 nitrogen and oxygen atoms in total. The molecule has 2 heterocycles. The molecule has 1 aromatic heterocycles. The fourth-order valence-corrected chi connectivity index (χ4v) is 4.63. The summed E-state index contributed by atoms with van der Waals surface area (Å²) in [4.78, 5) is 25.3. The molecular formula is C22H17N3O3S2. The average Bonchev–Trinajstić information content (AvgIpc) is 3.21. The number of thioether (sulfide) groups is 1. The van der Waals surface area contributed by atoms with E-state index in [4.69, 9.17) is 12.2 Å². The molecule has 0 saturated carbocycles. The van der Waals surface area contributed by atoms with Crippen LogP contribution < -0.4 is 0 Å². The fraction of sp³-hybridized carbons (Fsp3) is 0.0909. The van der Waals surface area contributed by atoms with Gasteiger partial charge in [0.1, 0.15) is 4.32 Å². The molecule has 0 aliphatic carbocycles. The van der Waals surface area contributed by atoms with E-state index in [0.717, 1.165) is 22.0 Å². The Morgan fingerprint density at radius 3 is 2.60 bits per heavy atom. The summed E-state index contributed by atoms with van der Waals surface area (Å²) in [5.41, 5.74) is 2.96. The summed E-state index contributed by atoms with van der Waals surface area (Å²) in [6.07, 6.45) is 5.52. The smallest absolute Gasteiger partial charge is 0.269 e. The van der Waals surface area contributed by atoms with Gasteiger partial charge in [0.15, 0.2) is 0 Å². The van der Waals surface area contributed by atoms with Gasteiger partial charge in [-0.2, -0.15) is 0 Å². The van der Waals surface area contributed by atoms with Crippen LogP contribution in [0.4, 0.5) is 5.69 Å². The molecule has 1 fully saturated rings. The third-order valence-corrected chi connectivity index (χ3v) is 6.17. The second-order valence-electron chi connectivity index (χ2n) is 6.73. The number of aromatic nitrogens is 1. The number of amides is 1. The zero-order valence-electron chi connectivity index (χ0n) is 15.9. The van der Waals surface area contributed by atoms with Gasteiger partial charge in [-0.15, -0.1) is 6.58 Å². The van der Waals surface area contributed by atoms with Crippen molar-refractivity contribution in [2.24, 2.45) is 0 Å². The van der Waals surface area contributed by atoms with Crippen LogP contribution in [0.3, 0.4) is 0 Å². The van der Waals surface area contributed by atoms with Gasteiger partial charge in [0.2, 0.25) is 0 Å². The van der Waals surface area contributed by atoms with Gasteiger partial charge >= 0.3 is 0 Å². The van der Waals surface area contributed by atoms with Crippen LogP contribution in [0.2, 0.25) is 0 Å². The van der Waals surface area contributed by atoms with Crippen LogP contribution in [0.1, 0.15) is 11.1 Å². The molecule has 0 N–H and O–H groups in total. The molecule has 3 aromatic rings. The lowest BCUT2D eigenvalue weighted by Gasteiger charge is -2.10. The highest BCUT2D eigenvalue weighted by molar-refractivity contribution is 8.26. The van der Waals surface area contributed by atoms with Crippen molar-refractivity contribution in [1.82, 2.24) is 9.47 Å². The molecule has 2 aromatic carbocycles. The van der Waals surface area contributed by atoms with Crippen molar-refractivity contribution in [3.63, 3.8) is 0 Å². The van der Waals surface area contributed by atoms with Gasteiger partial charge in [-0.3, -0.25) is 19.8 Å². The quantitative estimate of drug-likeness (QED) is 0.179. The monoisotopic (exact) mass is 435 g/mol. The Labute approximate surface area is 182 Å². The van der Waals surface area contributed by atoms with Crippen LogP contribution >= 0.6 is 24.0 Å². The Hall–Kier alpha value is -3.23. The highest BCUT2D eigenvalue weighted by Gasteiger charge is 2.31. The standard InChI is InChI=1S/C22H17N3O3S2/c1-2-11-24-21(26)20(30-22(24)29)12-16-14-23(19-6-4-3-5-18(16)19)13-15-7-9-17(10-8-15)25(27)28/h2-10,12,14H,1,11,13H2/b20-12+. The van der Waals surface area contributed by atoms with Crippen LogP contribution in [-0.2, 0) is 11.3 Å². The lowest BCUT2D eigenvalue weighted by molar-refractivity contribution is -0.384. The van der Waals surface area contributed by atoms with Gasteiger partial charge < -0.3 is 4.57 Å². The zero-order chi connectivity index (χ0) is 21.3. The van der Waals surface area contributed by atoms with Crippen LogP contribution in [-0.4, -0.2) is 31.2 Å². The van der Waals surface area contributed by atoms with E-state index in [1.807, 2.05) is 36.5 Å². The van der Waals surface area contributed by atoms with Crippen molar-refractivity contribution >= 4 is 56.9 Å². The zero-order valence-corrected chi connectivity index (χ0v) is 17.5. The number of nitrogens with zero attached hydrogens (tertiary/aromatic N) is 3. The van der Waals surface area contributed by atoms with Gasteiger partial charge in [0, 0.05) is 47.9 Å². The normalized spacial score (nSPS) is 15.3. The minimum atomic E-state index is -0.407. The van der Waals surface area contributed by atoms with Crippen LogP contribution in [0.5, 0.6) is 0 Å². The van der Waals surface area contributed by atoms with Crippen molar-refractivity contribution in [2.45, 2.75) is 6.54 Å². The summed E-state index contributed by atoms with van der Waals surface area (Å²) >= 11 is 6.61. The Kier molecular flexibility index (Phi) is 5.52. The van der Waals surface area contributed by atoms with Gasteiger partial charge in [0.25, 0.3) is 11.6 Å². The lowest BCUT2D eigenvalue weighted by atomic mass is 10.1. The molecule has 0 spiro atoms. The van der Waals surface area contributed by atoms with E-state index in [-0.39, 0.29) is 11.6 Å². The number of nitro groups is 1. The Bertz CT molecular complexity index is 1210. The van der Waals surface area contributed by atoms with Crippen LogP contribution in [0.15, 0.2) is 72.3 Å². The molecule has 8 heteroatoms. The number of hydrogen-bond acceptors (Lipinski definition) is 5. The number of thiocarbonyl (C=S) groups is 1. The van der Waals surface area contributed by atoms with Gasteiger partial charge in [0.05, 0.1) is 9.83 Å². The molecule has 1 amide bonds. The number of non-ortho nitro benzene ring substituents is 1. The number of hydrogen-bond donors (Lipinski definition) is 0. The highest BCUT2D eigenvalue weighted by atomic mass is 32.2. The number of carbonyl (C=O) groups is 1. The average molecular weight is 436 g/mol. The molecule has 0 bridgehead atoms. The van der Waals surface area contributed by atoms with Crippen molar-refractivity contribution < 1.29 is 9.72 Å². The number of benzene rings is 2. The first-order chi connectivity index (χ1) is 14.5. The first-order valence-corrected chi connectivity index (χ1v) is 10.4. The molecule has 0 atom stereocenters. The fourth-order valence-electron chi connectivity index (χ4n) is 3.37. The van der Waals surface area contributed by atoms with Gasteiger partial charge in [-0.1, -0.05) is 60.4 Å². The number of fused-ring (bicyclic) bond motifs is 1. The van der Waals surface area contributed by atoms with Crippen molar-refractivity contribution in [3.05, 3.63) is 93.5 Å². The van der Waals surface area contributed by atoms with E-state index in [1.54, 1.807) is 18.2 Å². The largest absolute Gasteiger partial charge is 0.342 e. The lowest BCUT2D eigenvalue weighted by Crippen LogP contribution is -2.27. The maximum atomic E-state index is 12.7. The van der Waals surface area contributed by atoms with E-state index in [2.05, 4.69) is 11.1 Å². The first kappa shape index (κ1) is 20.1. The predicted octanol–water partition coefficient (Wildman–Crippen LogP) is 4.99. The number of carbonyl (C=O) groups excluding carboxylic acids is 1. The Morgan fingerprint density at radius 2 is 1.90 bits per heavy atom. The second kappa shape index (κ2) is 8.25. The van der Waals surface area contributed by atoms with E-state index >= 15 is 0 Å². The molecule has 4 rings (SSSR count). The number of nitro benzene ring substituents is 1. The van der Waals surface area contributed by atoms with E-state index < -0.39 is 4.92 Å². The van der Waals surface area contributed by atoms with Crippen LogP contribution in [0.25, 0.3) is 17.0 Å². The summed E-state index contributed by atoms with van der Waals surface area (Å²) < 4.78 is 2.60. The van der Waals surface area contributed by atoms with Gasteiger partial charge in [-0.05, 0) is 17.7 Å². The van der Waals surface area contributed by atoms with Crippen molar-refractivity contribution in [2.75, 3.05) is 6.54 Å². The van der Waals surface area contributed by atoms with Crippen molar-refractivity contribution in [1.29, 1.82) is 0 Å². The summed E-state index contributed by atoms with van der Waals surface area (Å²) in [6.45, 7) is 4.63. The molecule has 1 aliphatic heterocycles. The maximum Gasteiger partial charge on any atom is 0.269 e. The van der Waals surface area contributed by atoms with Crippen LogP contribution in [0, 0.1) is 10.1 Å². The van der Waals surface area contributed by atoms with E-state index in [1.165, 1.54) is 28.8 Å². The van der Waals surface area contributed by atoms with E-state index in [0.29, 0.717) is 22.3 Å². The molecule has 150 valence electrons. The third kappa shape index (κ3) is 3.79. The number of rotatable bonds is 6. The Balaban J connectivity index is 1.69. The molecule has 1 aliphatic rings. The SMILES string of the molecule is C=CCN1C(=O)/C(=C\c2cn(Cc3ccc([N+](=O)[O-])cc3)c3ccccc23)SC1=S. The summed E-state index contributed by atoms with van der Waals surface area (Å²) in [6, 6.07) is 14.5. The molecule has 1 saturated heterocycles. The minimum Gasteiger partial charge on any atom is -0.342 e. The first-order valence-electron chi connectivity index (χ1n) is 9.15. The maximum absolute atomic E-state index is 12.7. The topological polar surface area (TPSA) is 68.4 Å². The molecule has 30 heavy (non-hydrogen) atoms. The van der Waals surface area contributed by atoms with Crippen molar-refractivity contribution in [3.8, 4) is 0 Å². The molecule has 0 radical (unpaired) electrons. The van der Waals surface area contributed by atoms with Gasteiger partial charge in [-0.25, -0.2) is 0 Å². The number of para-hydroxylation sites is 1. The second-order valence-corrected chi connectivity index (χ2v) is 8.41. The molecular weight excluding hydrogens is 418 g/mol.